The number of hydrogen-bond donors (Lipinski definition) is 1. The van der Waals surface area contributed by atoms with Crippen LogP contribution in [-0.2, 0) is 19.1 Å². The van der Waals surface area contributed by atoms with Gasteiger partial charge in [-0.1, -0.05) is 11.6 Å². The number of carbonyl (C=O) groups is 2. The lowest BCUT2D eigenvalue weighted by Crippen LogP contribution is -2.42. The zero-order chi connectivity index (χ0) is 18.0. The molecule has 0 spiro atoms. The maximum Gasteiger partial charge on any atom is 0.350 e. The Balaban J connectivity index is 1.72. The van der Waals surface area contributed by atoms with Crippen LogP contribution in [0.3, 0.4) is 0 Å². The summed E-state index contributed by atoms with van der Waals surface area (Å²) >= 11 is 6.39. The van der Waals surface area contributed by atoms with E-state index in [9.17, 15) is 9.59 Å². The lowest BCUT2D eigenvalue weighted by Gasteiger charge is -2.30. The number of ether oxygens (including phenoxy) is 2. The zero-order valence-corrected chi connectivity index (χ0v) is 15.1. The molecule has 1 aromatic rings. The van der Waals surface area contributed by atoms with E-state index in [0.717, 1.165) is 18.8 Å². The number of benzene rings is 1. The Morgan fingerprint density at radius 2 is 1.76 bits per heavy atom. The fraction of sp³-hybridized carbons (Fsp3) is 0.444. The summed E-state index contributed by atoms with van der Waals surface area (Å²) in [6.45, 7) is 5.02. The van der Waals surface area contributed by atoms with E-state index in [-0.39, 0.29) is 5.57 Å². The molecule has 2 fully saturated rings. The molecular weight excluding hydrogens is 344 g/mol. The highest BCUT2D eigenvalue weighted by atomic mass is 35.5. The number of hydrogen-bond acceptors (Lipinski definition) is 6. The van der Waals surface area contributed by atoms with Crippen molar-refractivity contribution in [3.05, 3.63) is 35.0 Å². The van der Waals surface area contributed by atoms with E-state index < -0.39 is 17.7 Å². The second kappa shape index (κ2) is 6.96. The highest BCUT2D eigenvalue weighted by Crippen LogP contribution is 2.31. The van der Waals surface area contributed by atoms with Gasteiger partial charge in [-0.3, -0.25) is 0 Å². The third kappa shape index (κ3) is 4.07. The fourth-order valence-electron chi connectivity index (χ4n) is 2.92. The predicted molar refractivity (Wildman–Crippen MR) is 95.5 cm³/mol. The Morgan fingerprint density at radius 3 is 2.36 bits per heavy atom. The second-order valence-electron chi connectivity index (χ2n) is 6.60. The molecule has 2 saturated heterocycles. The van der Waals surface area contributed by atoms with Crippen molar-refractivity contribution in [1.29, 1.82) is 0 Å². The SMILES string of the molecule is CC1(C)OC(=O)C(=CNc2ccc(N3CCCCC3)c(Cl)c2)C(=O)O1. The highest BCUT2D eigenvalue weighted by Gasteiger charge is 2.38. The Bertz CT molecular complexity index is 702. The minimum atomic E-state index is -1.25. The molecule has 0 atom stereocenters. The van der Waals surface area contributed by atoms with Crippen molar-refractivity contribution in [3.8, 4) is 0 Å². The van der Waals surface area contributed by atoms with Gasteiger partial charge in [0, 0.05) is 38.8 Å². The third-order valence-electron chi connectivity index (χ3n) is 4.14. The van der Waals surface area contributed by atoms with Gasteiger partial charge in [0.1, 0.15) is 0 Å². The first-order chi connectivity index (χ1) is 11.9. The first-order valence-corrected chi connectivity index (χ1v) is 8.71. The Labute approximate surface area is 151 Å². The average Bonchev–Trinajstić information content (AvgIpc) is 2.54. The van der Waals surface area contributed by atoms with Gasteiger partial charge in [-0.2, -0.15) is 0 Å². The topological polar surface area (TPSA) is 67.9 Å². The number of nitrogens with zero attached hydrogens (tertiary/aromatic N) is 1. The third-order valence-corrected chi connectivity index (χ3v) is 4.45. The summed E-state index contributed by atoms with van der Waals surface area (Å²) in [5, 5.41) is 3.53. The van der Waals surface area contributed by atoms with Gasteiger partial charge in [-0.15, -0.1) is 0 Å². The number of carbonyl (C=O) groups excluding carboxylic acids is 2. The number of cyclic esters (lactones) is 2. The molecule has 0 amide bonds. The number of nitrogens with one attached hydrogen (secondary N) is 1. The summed E-state index contributed by atoms with van der Waals surface area (Å²) in [5.74, 6) is -2.68. The molecule has 1 aromatic carbocycles. The van der Waals surface area contributed by atoms with Crippen molar-refractivity contribution in [1.82, 2.24) is 0 Å². The normalized spacial score (nSPS) is 20.0. The largest absolute Gasteiger partial charge is 0.419 e. The monoisotopic (exact) mass is 364 g/mol. The average molecular weight is 365 g/mol. The summed E-state index contributed by atoms with van der Waals surface area (Å²) in [6.07, 6.45) is 4.88. The van der Waals surface area contributed by atoms with E-state index in [2.05, 4.69) is 10.2 Å². The summed E-state index contributed by atoms with van der Waals surface area (Å²) in [6, 6.07) is 5.57. The standard InChI is InChI=1S/C18H21ClN2O4/c1-18(2)24-16(22)13(17(23)25-18)11-20-12-6-7-15(14(19)10-12)21-8-4-3-5-9-21/h6-7,10-11,20H,3-5,8-9H2,1-2H3. The maximum absolute atomic E-state index is 11.9. The summed E-state index contributed by atoms with van der Waals surface area (Å²) in [5.41, 5.74) is 1.48. The van der Waals surface area contributed by atoms with Crippen LogP contribution in [0.25, 0.3) is 0 Å². The van der Waals surface area contributed by atoms with Crippen LogP contribution in [0.15, 0.2) is 30.0 Å². The van der Waals surface area contributed by atoms with E-state index >= 15 is 0 Å². The molecule has 0 bridgehead atoms. The lowest BCUT2D eigenvalue weighted by atomic mass is 10.1. The first-order valence-electron chi connectivity index (χ1n) is 8.34. The van der Waals surface area contributed by atoms with Crippen LogP contribution in [0.2, 0.25) is 5.02 Å². The second-order valence-corrected chi connectivity index (χ2v) is 7.00. The van der Waals surface area contributed by atoms with Crippen molar-refractivity contribution in [3.63, 3.8) is 0 Å². The summed E-state index contributed by atoms with van der Waals surface area (Å²) < 4.78 is 10.1. The van der Waals surface area contributed by atoms with Crippen LogP contribution < -0.4 is 10.2 Å². The van der Waals surface area contributed by atoms with Gasteiger partial charge in [0.15, 0.2) is 5.57 Å². The van der Waals surface area contributed by atoms with Crippen molar-refractivity contribution in [2.75, 3.05) is 23.3 Å². The Morgan fingerprint density at radius 1 is 1.12 bits per heavy atom. The molecule has 6 nitrogen and oxygen atoms in total. The van der Waals surface area contributed by atoms with Crippen LogP contribution in [0, 0.1) is 0 Å². The van der Waals surface area contributed by atoms with Crippen LogP contribution in [0.5, 0.6) is 0 Å². The van der Waals surface area contributed by atoms with Gasteiger partial charge in [0.05, 0.1) is 10.7 Å². The zero-order valence-electron chi connectivity index (χ0n) is 14.3. The Kier molecular flexibility index (Phi) is 4.90. The quantitative estimate of drug-likeness (QED) is 0.503. The lowest BCUT2D eigenvalue weighted by molar-refractivity contribution is -0.222. The molecule has 2 aliphatic rings. The number of rotatable bonds is 3. The van der Waals surface area contributed by atoms with Crippen molar-refractivity contribution < 1.29 is 19.1 Å². The van der Waals surface area contributed by atoms with E-state index in [1.54, 1.807) is 6.07 Å². The molecule has 134 valence electrons. The van der Waals surface area contributed by atoms with Crippen LogP contribution in [0.1, 0.15) is 33.1 Å². The van der Waals surface area contributed by atoms with Gasteiger partial charge >= 0.3 is 11.9 Å². The minimum absolute atomic E-state index is 0.185. The number of halogens is 1. The van der Waals surface area contributed by atoms with E-state index in [4.69, 9.17) is 21.1 Å². The molecular formula is C18H21ClN2O4. The molecule has 7 heteroatoms. The van der Waals surface area contributed by atoms with Crippen molar-refractivity contribution in [2.24, 2.45) is 0 Å². The molecule has 1 N–H and O–H groups in total. The van der Waals surface area contributed by atoms with E-state index in [1.807, 2.05) is 12.1 Å². The van der Waals surface area contributed by atoms with Crippen LogP contribution >= 0.6 is 11.6 Å². The fourth-order valence-corrected chi connectivity index (χ4v) is 3.22. The predicted octanol–water partition coefficient (Wildman–Crippen LogP) is 3.46. The highest BCUT2D eigenvalue weighted by molar-refractivity contribution is 6.33. The smallest absolute Gasteiger partial charge is 0.350 e. The molecule has 3 rings (SSSR count). The van der Waals surface area contributed by atoms with Crippen molar-refractivity contribution in [2.45, 2.75) is 38.9 Å². The van der Waals surface area contributed by atoms with Gasteiger partial charge in [0.2, 0.25) is 0 Å². The van der Waals surface area contributed by atoms with Gasteiger partial charge in [-0.05, 0) is 37.5 Å². The molecule has 2 heterocycles. The van der Waals surface area contributed by atoms with E-state index in [0.29, 0.717) is 10.7 Å². The molecule has 25 heavy (non-hydrogen) atoms. The Hall–Kier alpha value is -2.21. The first kappa shape index (κ1) is 17.6. The molecule has 0 unspecified atom stereocenters. The molecule has 0 saturated carbocycles. The van der Waals surface area contributed by atoms with Crippen LogP contribution in [0.4, 0.5) is 11.4 Å². The summed E-state index contributed by atoms with van der Waals surface area (Å²) in [4.78, 5) is 26.1. The van der Waals surface area contributed by atoms with Gasteiger partial charge in [-0.25, -0.2) is 9.59 Å². The number of esters is 2. The van der Waals surface area contributed by atoms with Crippen molar-refractivity contribution >= 4 is 34.9 Å². The number of anilines is 2. The molecule has 2 aliphatic heterocycles. The minimum Gasteiger partial charge on any atom is -0.419 e. The maximum atomic E-state index is 11.9. The van der Waals surface area contributed by atoms with Gasteiger partial charge in [0.25, 0.3) is 5.79 Å². The van der Waals surface area contributed by atoms with Crippen LogP contribution in [-0.4, -0.2) is 30.8 Å². The molecule has 0 radical (unpaired) electrons. The molecule has 0 aromatic heterocycles. The summed E-state index contributed by atoms with van der Waals surface area (Å²) in [7, 11) is 0. The van der Waals surface area contributed by atoms with Gasteiger partial charge < -0.3 is 19.7 Å². The number of piperidine rings is 1. The van der Waals surface area contributed by atoms with E-state index in [1.165, 1.54) is 39.3 Å². The molecule has 0 aliphatic carbocycles.